The molecule has 5 heteroatoms. The van der Waals surface area contributed by atoms with Gasteiger partial charge in [0.05, 0.1) is 9.95 Å². The summed E-state index contributed by atoms with van der Waals surface area (Å²) in [6.07, 6.45) is 6.66. The Morgan fingerprint density at radius 1 is 1.32 bits per heavy atom. The highest BCUT2D eigenvalue weighted by atomic mass is 35.5. The fourth-order valence-corrected chi connectivity index (χ4v) is 3.02. The fraction of sp³-hybridized carbons (Fsp3) is 0.571. The largest absolute Gasteiger partial charge is 0.327 e. The van der Waals surface area contributed by atoms with Gasteiger partial charge in [-0.3, -0.25) is 10.1 Å². The third-order valence-corrected chi connectivity index (χ3v) is 4.30. The molecule has 0 amide bonds. The summed E-state index contributed by atoms with van der Waals surface area (Å²) in [6.45, 7) is 0. The van der Waals surface area contributed by atoms with Gasteiger partial charge in [-0.2, -0.15) is 0 Å². The van der Waals surface area contributed by atoms with Gasteiger partial charge in [0.1, 0.15) is 0 Å². The number of non-ortho nitro benzene ring substituents is 1. The van der Waals surface area contributed by atoms with Gasteiger partial charge in [0.25, 0.3) is 5.69 Å². The molecule has 104 valence electrons. The zero-order valence-electron chi connectivity index (χ0n) is 10.8. The number of hydrogen-bond acceptors (Lipinski definition) is 3. The van der Waals surface area contributed by atoms with E-state index in [1.807, 2.05) is 0 Å². The maximum absolute atomic E-state index is 10.7. The van der Waals surface area contributed by atoms with Gasteiger partial charge in [0.15, 0.2) is 0 Å². The third-order valence-electron chi connectivity index (χ3n) is 3.95. The number of nitrogens with two attached hydrogens (primary N) is 1. The van der Waals surface area contributed by atoms with E-state index in [9.17, 15) is 10.1 Å². The summed E-state index contributed by atoms with van der Waals surface area (Å²) >= 11 is 6.14. The van der Waals surface area contributed by atoms with Crippen LogP contribution in [-0.4, -0.2) is 11.0 Å². The van der Waals surface area contributed by atoms with Crippen LogP contribution in [-0.2, 0) is 6.42 Å². The molecule has 0 bridgehead atoms. The molecule has 1 aliphatic rings. The quantitative estimate of drug-likeness (QED) is 0.522. The fourth-order valence-electron chi connectivity index (χ4n) is 2.76. The molecule has 19 heavy (non-hydrogen) atoms. The van der Waals surface area contributed by atoms with Crippen LogP contribution in [0.2, 0.25) is 5.02 Å². The molecule has 1 aromatic carbocycles. The molecule has 1 fully saturated rings. The summed E-state index contributed by atoms with van der Waals surface area (Å²) in [5.41, 5.74) is 7.21. The van der Waals surface area contributed by atoms with Crippen molar-refractivity contribution in [2.75, 3.05) is 0 Å². The molecule has 0 aliphatic heterocycles. The van der Waals surface area contributed by atoms with Crippen molar-refractivity contribution in [2.24, 2.45) is 11.7 Å². The van der Waals surface area contributed by atoms with Gasteiger partial charge in [-0.15, -0.1) is 0 Å². The zero-order chi connectivity index (χ0) is 13.8. The Morgan fingerprint density at radius 3 is 2.74 bits per heavy atom. The molecule has 1 saturated carbocycles. The summed E-state index contributed by atoms with van der Waals surface area (Å²) in [4.78, 5) is 10.3. The van der Waals surface area contributed by atoms with E-state index in [1.165, 1.54) is 31.4 Å². The number of nitro benzene ring substituents is 1. The first-order valence-corrected chi connectivity index (χ1v) is 7.14. The summed E-state index contributed by atoms with van der Waals surface area (Å²) in [7, 11) is 0. The van der Waals surface area contributed by atoms with Crippen molar-refractivity contribution in [1.29, 1.82) is 0 Å². The number of nitrogens with zero attached hydrogens (tertiary/aromatic N) is 1. The number of nitro groups is 1. The van der Waals surface area contributed by atoms with Crippen LogP contribution in [0.1, 0.15) is 37.7 Å². The molecule has 0 spiro atoms. The van der Waals surface area contributed by atoms with Gasteiger partial charge < -0.3 is 5.73 Å². The van der Waals surface area contributed by atoms with Crippen molar-refractivity contribution >= 4 is 17.3 Å². The minimum absolute atomic E-state index is 0.0407. The van der Waals surface area contributed by atoms with Crippen molar-refractivity contribution < 1.29 is 4.92 Å². The van der Waals surface area contributed by atoms with Crippen molar-refractivity contribution in [3.05, 3.63) is 38.9 Å². The first-order chi connectivity index (χ1) is 9.08. The molecule has 2 N–H and O–H groups in total. The van der Waals surface area contributed by atoms with E-state index in [0.29, 0.717) is 10.9 Å². The lowest BCUT2D eigenvalue weighted by Gasteiger charge is -2.21. The molecule has 1 aromatic rings. The van der Waals surface area contributed by atoms with Gasteiger partial charge in [-0.05, 0) is 30.7 Å². The Hall–Kier alpha value is -1.13. The lowest BCUT2D eigenvalue weighted by molar-refractivity contribution is -0.384. The normalized spacial score (nSPS) is 23.9. The van der Waals surface area contributed by atoms with Gasteiger partial charge in [0.2, 0.25) is 0 Å². The third kappa shape index (κ3) is 3.67. The van der Waals surface area contributed by atoms with E-state index >= 15 is 0 Å². The van der Waals surface area contributed by atoms with Crippen LogP contribution in [0.15, 0.2) is 18.2 Å². The van der Waals surface area contributed by atoms with E-state index in [-0.39, 0.29) is 11.7 Å². The Kier molecular flexibility index (Phi) is 4.77. The summed E-state index contributed by atoms with van der Waals surface area (Å²) < 4.78 is 0. The Bertz CT molecular complexity index is 465. The predicted molar refractivity (Wildman–Crippen MR) is 76.4 cm³/mol. The number of benzene rings is 1. The number of hydrogen-bond donors (Lipinski definition) is 1. The summed E-state index contributed by atoms with van der Waals surface area (Å²) in [6, 6.07) is 4.93. The van der Waals surface area contributed by atoms with Gasteiger partial charge in [0, 0.05) is 18.2 Å². The topological polar surface area (TPSA) is 69.2 Å². The average molecular weight is 283 g/mol. The van der Waals surface area contributed by atoms with E-state index in [0.717, 1.165) is 24.8 Å². The Morgan fingerprint density at radius 2 is 2.05 bits per heavy atom. The van der Waals surface area contributed by atoms with Crippen LogP contribution in [0.25, 0.3) is 0 Å². The maximum atomic E-state index is 10.7. The van der Waals surface area contributed by atoms with Crippen LogP contribution in [0.5, 0.6) is 0 Å². The van der Waals surface area contributed by atoms with E-state index in [2.05, 4.69) is 0 Å². The maximum Gasteiger partial charge on any atom is 0.270 e. The second-order valence-electron chi connectivity index (χ2n) is 5.30. The molecule has 2 rings (SSSR count). The zero-order valence-corrected chi connectivity index (χ0v) is 11.6. The van der Waals surface area contributed by atoms with E-state index < -0.39 is 4.92 Å². The molecule has 0 radical (unpaired) electrons. The average Bonchev–Trinajstić information content (AvgIpc) is 2.57. The molecule has 2 unspecified atom stereocenters. The second kappa shape index (κ2) is 6.35. The highest BCUT2D eigenvalue weighted by Gasteiger charge is 2.22. The van der Waals surface area contributed by atoms with Crippen molar-refractivity contribution in [1.82, 2.24) is 0 Å². The smallest absolute Gasteiger partial charge is 0.270 e. The standard InChI is InChI=1S/C14H19ClN2O2/c15-13-9-12(17(18)19)7-6-10(13)8-11-4-2-1-3-5-14(11)16/h6-7,9,11,14H,1-5,8,16H2. The van der Waals surface area contributed by atoms with E-state index in [1.54, 1.807) is 6.07 Å². The molecule has 0 aromatic heterocycles. The van der Waals surface area contributed by atoms with Crippen molar-refractivity contribution in [3.63, 3.8) is 0 Å². The Labute approximate surface area is 118 Å². The SMILES string of the molecule is NC1CCCCCC1Cc1ccc([N+](=O)[O-])cc1Cl. The van der Waals surface area contributed by atoms with Gasteiger partial charge in [-0.1, -0.05) is 36.9 Å². The predicted octanol–water partition coefficient (Wildman–Crippen LogP) is 3.70. The second-order valence-corrected chi connectivity index (χ2v) is 5.71. The minimum atomic E-state index is -0.424. The Balaban J connectivity index is 2.11. The van der Waals surface area contributed by atoms with Gasteiger partial charge >= 0.3 is 0 Å². The molecule has 0 heterocycles. The van der Waals surface area contributed by atoms with Crippen molar-refractivity contribution in [3.8, 4) is 0 Å². The number of halogens is 1. The van der Waals surface area contributed by atoms with Crippen LogP contribution < -0.4 is 5.73 Å². The molecule has 0 saturated heterocycles. The van der Waals surface area contributed by atoms with Crippen LogP contribution >= 0.6 is 11.6 Å². The van der Waals surface area contributed by atoms with Gasteiger partial charge in [-0.25, -0.2) is 0 Å². The summed E-state index contributed by atoms with van der Waals surface area (Å²) in [5.74, 6) is 0.432. The molecular formula is C14H19ClN2O2. The van der Waals surface area contributed by atoms with Crippen LogP contribution in [0.4, 0.5) is 5.69 Å². The highest BCUT2D eigenvalue weighted by molar-refractivity contribution is 6.31. The van der Waals surface area contributed by atoms with Crippen LogP contribution in [0.3, 0.4) is 0 Å². The lowest BCUT2D eigenvalue weighted by atomic mass is 9.89. The molecule has 4 nitrogen and oxygen atoms in total. The summed E-state index contributed by atoms with van der Waals surface area (Å²) in [5, 5.41) is 11.2. The first-order valence-electron chi connectivity index (χ1n) is 6.76. The monoisotopic (exact) mass is 282 g/mol. The highest BCUT2D eigenvalue weighted by Crippen LogP contribution is 2.29. The lowest BCUT2D eigenvalue weighted by Crippen LogP contribution is -2.30. The van der Waals surface area contributed by atoms with Crippen molar-refractivity contribution in [2.45, 2.75) is 44.6 Å². The van der Waals surface area contributed by atoms with Crippen LogP contribution in [0, 0.1) is 16.0 Å². The molecular weight excluding hydrogens is 264 g/mol. The van der Waals surface area contributed by atoms with E-state index in [4.69, 9.17) is 17.3 Å². The minimum Gasteiger partial charge on any atom is -0.327 e. The number of rotatable bonds is 3. The molecule has 2 atom stereocenters. The first kappa shape index (κ1) is 14.3. The molecule has 1 aliphatic carbocycles.